The summed E-state index contributed by atoms with van der Waals surface area (Å²) >= 11 is 0. The van der Waals surface area contributed by atoms with Gasteiger partial charge >= 0.3 is 0 Å². The lowest BCUT2D eigenvalue weighted by Gasteiger charge is -2.13. The molecule has 2 heterocycles. The molecule has 12 rings (SSSR count). The lowest BCUT2D eigenvalue weighted by molar-refractivity contribution is 1.17. The molecule has 0 aliphatic carbocycles. The van der Waals surface area contributed by atoms with Gasteiger partial charge in [-0.2, -0.15) is 0 Å². The van der Waals surface area contributed by atoms with Gasteiger partial charge in [-0.1, -0.05) is 146 Å². The Balaban J connectivity index is 1.17. The summed E-state index contributed by atoms with van der Waals surface area (Å²) in [6.45, 7) is 0. The Bertz CT molecular complexity index is 3470. The first-order chi connectivity index (χ1) is 26.8. The van der Waals surface area contributed by atoms with Crippen molar-refractivity contribution >= 4 is 86.7 Å². The van der Waals surface area contributed by atoms with Crippen molar-refractivity contribution < 1.29 is 0 Å². The molecular formula is C52H32N2. The van der Waals surface area contributed by atoms with Crippen LogP contribution >= 0.6 is 0 Å². The van der Waals surface area contributed by atoms with Crippen molar-refractivity contribution in [2.75, 3.05) is 0 Å². The van der Waals surface area contributed by atoms with E-state index >= 15 is 0 Å². The second-order valence-corrected chi connectivity index (χ2v) is 14.5. The van der Waals surface area contributed by atoms with E-state index in [4.69, 9.17) is 0 Å². The molecule has 12 aromatic rings. The number of benzene rings is 10. The Morgan fingerprint density at radius 2 is 0.778 bits per heavy atom. The van der Waals surface area contributed by atoms with E-state index in [1.807, 2.05) is 0 Å². The lowest BCUT2D eigenvalue weighted by atomic mass is 9.93. The molecule has 250 valence electrons. The lowest BCUT2D eigenvalue weighted by Crippen LogP contribution is -1.96. The van der Waals surface area contributed by atoms with Crippen LogP contribution in [-0.4, -0.2) is 9.13 Å². The Morgan fingerprint density at radius 3 is 1.52 bits per heavy atom. The van der Waals surface area contributed by atoms with E-state index in [-0.39, 0.29) is 0 Å². The molecule has 0 N–H and O–H groups in total. The maximum atomic E-state index is 2.52. The monoisotopic (exact) mass is 684 g/mol. The van der Waals surface area contributed by atoms with E-state index in [1.165, 1.54) is 97.8 Å². The Labute approximate surface area is 311 Å². The van der Waals surface area contributed by atoms with Gasteiger partial charge in [-0.15, -0.1) is 0 Å². The predicted molar refractivity (Wildman–Crippen MR) is 231 cm³/mol. The first kappa shape index (κ1) is 29.4. The van der Waals surface area contributed by atoms with Gasteiger partial charge < -0.3 is 9.13 Å². The molecule has 0 aliphatic heterocycles. The average molecular weight is 685 g/mol. The third-order valence-electron chi connectivity index (χ3n) is 11.7. The summed E-state index contributed by atoms with van der Waals surface area (Å²) in [5.41, 5.74) is 9.61. The number of rotatable bonds is 3. The van der Waals surface area contributed by atoms with Crippen LogP contribution in [0.2, 0.25) is 0 Å². The van der Waals surface area contributed by atoms with E-state index < -0.39 is 0 Å². The molecule has 0 atom stereocenters. The van der Waals surface area contributed by atoms with Gasteiger partial charge in [0.1, 0.15) is 0 Å². The molecule has 0 bridgehead atoms. The van der Waals surface area contributed by atoms with Crippen molar-refractivity contribution in [3.05, 3.63) is 194 Å². The van der Waals surface area contributed by atoms with Gasteiger partial charge in [-0.3, -0.25) is 0 Å². The quantitative estimate of drug-likeness (QED) is 0.164. The molecule has 10 aromatic carbocycles. The second kappa shape index (κ2) is 11.2. The van der Waals surface area contributed by atoms with Gasteiger partial charge in [-0.25, -0.2) is 0 Å². The normalized spacial score (nSPS) is 12.1. The number of para-hydroxylation sites is 1. The van der Waals surface area contributed by atoms with Crippen molar-refractivity contribution in [1.29, 1.82) is 0 Å². The van der Waals surface area contributed by atoms with E-state index in [9.17, 15) is 0 Å². The summed E-state index contributed by atoms with van der Waals surface area (Å²) in [6, 6.07) is 71.5. The highest BCUT2D eigenvalue weighted by Gasteiger charge is 2.20. The van der Waals surface area contributed by atoms with Crippen LogP contribution in [-0.2, 0) is 0 Å². The molecule has 0 amide bonds. The van der Waals surface area contributed by atoms with Crippen LogP contribution in [0.3, 0.4) is 0 Å². The number of nitrogens with zero attached hydrogens (tertiary/aromatic N) is 2. The fraction of sp³-hybridized carbons (Fsp3) is 0. The van der Waals surface area contributed by atoms with Crippen LogP contribution in [0.1, 0.15) is 0 Å². The summed E-state index contributed by atoms with van der Waals surface area (Å²) in [6.07, 6.45) is 0. The fourth-order valence-electron chi connectivity index (χ4n) is 9.25. The third kappa shape index (κ3) is 4.11. The average Bonchev–Trinajstić information content (AvgIpc) is 3.76. The van der Waals surface area contributed by atoms with Crippen LogP contribution in [0.25, 0.3) is 109 Å². The van der Waals surface area contributed by atoms with Crippen molar-refractivity contribution in [3.63, 3.8) is 0 Å². The summed E-state index contributed by atoms with van der Waals surface area (Å²) in [4.78, 5) is 0. The molecule has 2 aromatic heterocycles. The Hall–Kier alpha value is -7.16. The number of fused-ring (bicyclic) bond motifs is 14. The predicted octanol–water partition coefficient (Wildman–Crippen LogP) is 14.2. The number of hydrogen-bond acceptors (Lipinski definition) is 0. The Morgan fingerprint density at radius 1 is 0.241 bits per heavy atom. The van der Waals surface area contributed by atoms with Gasteiger partial charge in [0, 0.05) is 38.3 Å². The highest BCUT2D eigenvalue weighted by molar-refractivity contribution is 6.30. The SMILES string of the molecule is c1ccc(-c2ccc(-n3c4ccccc4c4cc(-n5c6cc7c8ccccc8c8ccccc8c7cc6c6ccc7ccccc7c65)ccc43)cc2)cc1. The smallest absolute Gasteiger partial charge is 0.0619 e. The van der Waals surface area contributed by atoms with Gasteiger partial charge in [0.05, 0.1) is 22.1 Å². The Kier molecular flexibility index (Phi) is 6.09. The topological polar surface area (TPSA) is 9.86 Å². The zero-order valence-corrected chi connectivity index (χ0v) is 29.4. The molecule has 0 spiro atoms. The minimum atomic E-state index is 1.15. The summed E-state index contributed by atoms with van der Waals surface area (Å²) in [5.74, 6) is 0. The number of aromatic nitrogens is 2. The summed E-state index contributed by atoms with van der Waals surface area (Å²) < 4.78 is 4.94. The molecule has 0 saturated carbocycles. The van der Waals surface area contributed by atoms with Crippen LogP contribution in [0.4, 0.5) is 0 Å². The first-order valence-electron chi connectivity index (χ1n) is 18.7. The van der Waals surface area contributed by atoms with E-state index in [1.54, 1.807) is 0 Å². The molecular weight excluding hydrogens is 653 g/mol. The largest absolute Gasteiger partial charge is 0.309 e. The van der Waals surface area contributed by atoms with E-state index in [0.717, 1.165) is 11.4 Å². The van der Waals surface area contributed by atoms with Crippen LogP contribution in [0.15, 0.2) is 194 Å². The highest BCUT2D eigenvalue weighted by Crippen LogP contribution is 2.43. The van der Waals surface area contributed by atoms with Gasteiger partial charge in [0.15, 0.2) is 0 Å². The van der Waals surface area contributed by atoms with E-state index in [0.29, 0.717) is 0 Å². The van der Waals surface area contributed by atoms with Crippen LogP contribution < -0.4 is 0 Å². The van der Waals surface area contributed by atoms with Crippen molar-refractivity contribution in [3.8, 4) is 22.5 Å². The molecule has 2 heteroatoms. The van der Waals surface area contributed by atoms with Crippen molar-refractivity contribution in [1.82, 2.24) is 9.13 Å². The molecule has 54 heavy (non-hydrogen) atoms. The molecule has 0 aliphatic rings. The van der Waals surface area contributed by atoms with Gasteiger partial charge in [0.25, 0.3) is 0 Å². The van der Waals surface area contributed by atoms with Crippen LogP contribution in [0, 0.1) is 0 Å². The minimum absolute atomic E-state index is 1.15. The maximum absolute atomic E-state index is 2.52. The van der Waals surface area contributed by atoms with Crippen molar-refractivity contribution in [2.24, 2.45) is 0 Å². The molecule has 0 fully saturated rings. The summed E-state index contributed by atoms with van der Waals surface area (Å²) in [7, 11) is 0. The molecule has 0 unspecified atom stereocenters. The molecule has 0 radical (unpaired) electrons. The maximum Gasteiger partial charge on any atom is 0.0619 e. The standard InChI is InChI=1S/C52H32N2/c1-2-12-33(13-3-1)34-22-25-36(26-23-34)53-49-21-11-10-20-43(49)47-30-37(27-29-50(47)53)54-51-32-46-42-19-9-7-17-40(42)39-16-6-8-18-41(39)45(46)31-48(51)44-28-24-35-14-4-5-15-38(35)52(44)54/h1-32H. The third-order valence-corrected chi connectivity index (χ3v) is 11.7. The zero-order chi connectivity index (χ0) is 35.3. The highest BCUT2D eigenvalue weighted by atomic mass is 15.0. The van der Waals surface area contributed by atoms with Gasteiger partial charge in [-0.05, 0) is 97.4 Å². The summed E-state index contributed by atoms with van der Waals surface area (Å²) in [5, 5.41) is 15.3. The zero-order valence-electron chi connectivity index (χ0n) is 29.4. The molecule has 0 saturated heterocycles. The van der Waals surface area contributed by atoms with Gasteiger partial charge in [0.2, 0.25) is 0 Å². The van der Waals surface area contributed by atoms with Crippen molar-refractivity contribution in [2.45, 2.75) is 0 Å². The minimum Gasteiger partial charge on any atom is -0.309 e. The number of hydrogen-bond donors (Lipinski definition) is 0. The van der Waals surface area contributed by atoms with Crippen LogP contribution in [0.5, 0.6) is 0 Å². The molecule has 2 nitrogen and oxygen atoms in total. The first-order valence-corrected chi connectivity index (χ1v) is 18.7. The fourth-order valence-corrected chi connectivity index (χ4v) is 9.25. The van der Waals surface area contributed by atoms with E-state index in [2.05, 4.69) is 203 Å². The second-order valence-electron chi connectivity index (χ2n) is 14.5.